The summed E-state index contributed by atoms with van der Waals surface area (Å²) in [5.41, 5.74) is 1.23. The highest BCUT2D eigenvalue weighted by atomic mass is 19.1. The van der Waals surface area contributed by atoms with E-state index in [9.17, 15) is 9.18 Å². The predicted octanol–water partition coefficient (Wildman–Crippen LogP) is 2.84. The molecule has 3 aromatic rings. The molecule has 1 aliphatic rings. The van der Waals surface area contributed by atoms with Crippen LogP contribution in [0.1, 0.15) is 10.4 Å². The number of aromatic nitrogens is 2. The molecule has 0 spiro atoms. The highest BCUT2D eigenvalue weighted by molar-refractivity contribution is 5.94. The largest absolute Gasteiger partial charge is 0.335 e. The van der Waals surface area contributed by atoms with E-state index in [2.05, 4.69) is 10.1 Å². The topological polar surface area (TPSA) is 62.5 Å². The maximum Gasteiger partial charge on any atom is 0.266 e. The summed E-state index contributed by atoms with van der Waals surface area (Å²) in [6.07, 6.45) is 0. The van der Waals surface area contributed by atoms with E-state index in [4.69, 9.17) is 4.52 Å². The van der Waals surface area contributed by atoms with Crippen LogP contribution in [0.3, 0.4) is 0 Å². The fraction of sp³-hybridized carbons (Fsp3) is 0.211. The summed E-state index contributed by atoms with van der Waals surface area (Å²) in [5.74, 6) is 0.414. The lowest BCUT2D eigenvalue weighted by Crippen LogP contribution is -2.49. The van der Waals surface area contributed by atoms with Crippen molar-refractivity contribution in [3.05, 3.63) is 66.0 Å². The standard InChI is InChI=1S/C19H17FN4O2/c20-16-8-4-7-15(13-16)18(25)23-9-11-24(12-10-23)19-21-17(26-22-19)14-5-2-1-3-6-14/h1-8,13H,9-12H2. The zero-order valence-corrected chi connectivity index (χ0v) is 14.0. The molecule has 0 N–H and O–H groups in total. The number of benzene rings is 2. The molecular formula is C19H17FN4O2. The van der Waals surface area contributed by atoms with Crippen molar-refractivity contribution in [1.29, 1.82) is 0 Å². The van der Waals surface area contributed by atoms with E-state index in [1.54, 1.807) is 17.0 Å². The molecule has 0 radical (unpaired) electrons. The molecule has 1 amide bonds. The average molecular weight is 352 g/mol. The molecule has 0 aliphatic carbocycles. The number of carbonyl (C=O) groups is 1. The van der Waals surface area contributed by atoms with Gasteiger partial charge in [0.05, 0.1) is 0 Å². The van der Waals surface area contributed by atoms with Gasteiger partial charge in [0.25, 0.3) is 17.7 Å². The van der Waals surface area contributed by atoms with Gasteiger partial charge in [-0.05, 0) is 35.5 Å². The molecule has 0 unspecified atom stereocenters. The second kappa shape index (κ2) is 6.95. The van der Waals surface area contributed by atoms with Crippen molar-refractivity contribution < 1.29 is 13.7 Å². The average Bonchev–Trinajstić information content (AvgIpc) is 3.18. The van der Waals surface area contributed by atoms with Gasteiger partial charge in [-0.25, -0.2) is 4.39 Å². The fourth-order valence-electron chi connectivity index (χ4n) is 2.96. The number of carbonyl (C=O) groups excluding carboxylic acids is 1. The smallest absolute Gasteiger partial charge is 0.266 e. The van der Waals surface area contributed by atoms with E-state index in [0.717, 1.165) is 5.56 Å². The zero-order valence-electron chi connectivity index (χ0n) is 14.0. The summed E-state index contributed by atoms with van der Waals surface area (Å²) in [5, 5.41) is 4.04. The summed E-state index contributed by atoms with van der Waals surface area (Å²) in [4.78, 5) is 20.6. The molecule has 0 atom stereocenters. The van der Waals surface area contributed by atoms with Gasteiger partial charge < -0.3 is 14.3 Å². The normalized spacial score (nSPS) is 14.5. The monoisotopic (exact) mass is 352 g/mol. The number of hydrogen-bond acceptors (Lipinski definition) is 5. The van der Waals surface area contributed by atoms with E-state index in [1.807, 2.05) is 35.2 Å². The molecule has 1 aromatic heterocycles. The van der Waals surface area contributed by atoms with Crippen molar-refractivity contribution in [2.45, 2.75) is 0 Å². The molecule has 132 valence electrons. The molecule has 2 aromatic carbocycles. The molecule has 1 fully saturated rings. The van der Waals surface area contributed by atoms with Gasteiger partial charge >= 0.3 is 0 Å². The Balaban J connectivity index is 1.41. The highest BCUT2D eigenvalue weighted by Gasteiger charge is 2.25. The number of anilines is 1. The third-order valence-corrected chi connectivity index (χ3v) is 4.36. The molecule has 0 saturated carbocycles. The first kappa shape index (κ1) is 16.3. The first-order chi connectivity index (χ1) is 12.7. The van der Waals surface area contributed by atoms with Gasteiger partial charge in [0, 0.05) is 37.3 Å². The Morgan fingerprint density at radius 3 is 2.50 bits per heavy atom. The minimum atomic E-state index is -0.408. The molecule has 26 heavy (non-hydrogen) atoms. The number of hydrogen-bond donors (Lipinski definition) is 0. The summed E-state index contributed by atoms with van der Waals surface area (Å²) in [7, 11) is 0. The quantitative estimate of drug-likeness (QED) is 0.725. The Morgan fingerprint density at radius 2 is 1.77 bits per heavy atom. The van der Waals surface area contributed by atoms with Crippen molar-refractivity contribution in [2.24, 2.45) is 0 Å². The number of amides is 1. The van der Waals surface area contributed by atoms with Crippen LogP contribution >= 0.6 is 0 Å². The summed E-state index contributed by atoms with van der Waals surface area (Å²) >= 11 is 0. The van der Waals surface area contributed by atoms with Crippen molar-refractivity contribution in [3.63, 3.8) is 0 Å². The molecule has 4 rings (SSSR count). The Bertz CT molecular complexity index is 905. The van der Waals surface area contributed by atoms with Crippen LogP contribution in [-0.4, -0.2) is 47.1 Å². The highest BCUT2D eigenvalue weighted by Crippen LogP contribution is 2.21. The van der Waals surface area contributed by atoms with Gasteiger partial charge in [-0.1, -0.05) is 24.3 Å². The third kappa shape index (κ3) is 3.28. The van der Waals surface area contributed by atoms with Crippen molar-refractivity contribution in [1.82, 2.24) is 15.0 Å². The van der Waals surface area contributed by atoms with Crippen LogP contribution in [0.5, 0.6) is 0 Å². The minimum Gasteiger partial charge on any atom is -0.335 e. The van der Waals surface area contributed by atoms with Crippen LogP contribution in [0.2, 0.25) is 0 Å². The van der Waals surface area contributed by atoms with Crippen molar-refractivity contribution in [3.8, 4) is 11.5 Å². The molecule has 1 aliphatic heterocycles. The van der Waals surface area contributed by atoms with E-state index in [-0.39, 0.29) is 5.91 Å². The second-order valence-corrected chi connectivity index (χ2v) is 6.06. The predicted molar refractivity (Wildman–Crippen MR) is 94.3 cm³/mol. The maximum atomic E-state index is 13.3. The molecule has 2 heterocycles. The number of piperazine rings is 1. The van der Waals surface area contributed by atoms with Crippen LogP contribution in [0.25, 0.3) is 11.5 Å². The van der Waals surface area contributed by atoms with E-state index < -0.39 is 5.82 Å². The van der Waals surface area contributed by atoms with Crippen LogP contribution < -0.4 is 4.90 Å². The SMILES string of the molecule is O=C(c1cccc(F)c1)N1CCN(c2noc(-c3ccccc3)n2)CC1. The van der Waals surface area contributed by atoms with Crippen LogP contribution in [-0.2, 0) is 0 Å². The van der Waals surface area contributed by atoms with E-state index in [1.165, 1.54) is 12.1 Å². The summed E-state index contributed by atoms with van der Waals surface area (Å²) in [6, 6.07) is 15.3. The van der Waals surface area contributed by atoms with Gasteiger partial charge in [-0.15, -0.1) is 0 Å². The first-order valence-corrected chi connectivity index (χ1v) is 8.39. The van der Waals surface area contributed by atoms with Gasteiger partial charge in [0.15, 0.2) is 0 Å². The van der Waals surface area contributed by atoms with Gasteiger partial charge in [-0.3, -0.25) is 4.79 Å². The molecular weight excluding hydrogens is 335 g/mol. The molecule has 7 heteroatoms. The Hall–Kier alpha value is -3.22. The Morgan fingerprint density at radius 1 is 1.00 bits per heavy atom. The lowest BCUT2D eigenvalue weighted by atomic mass is 10.2. The number of rotatable bonds is 3. The summed E-state index contributed by atoms with van der Waals surface area (Å²) in [6.45, 7) is 2.22. The Kier molecular flexibility index (Phi) is 4.35. The van der Waals surface area contributed by atoms with Gasteiger partial charge in [0.1, 0.15) is 5.82 Å². The maximum absolute atomic E-state index is 13.3. The number of nitrogens with zero attached hydrogens (tertiary/aromatic N) is 4. The van der Waals surface area contributed by atoms with Gasteiger partial charge in [0.2, 0.25) is 0 Å². The lowest BCUT2D eigenvalue weighted by Gasteiger charge is -2.33. The van der Waals surface area contributed by atoms with Crippen molar-refractivity contribution >= 4 is 11.9 Å². The van der Waals surface area contributed by atoms with Crippen LogP contribution in [0, 0.1) is 5.82 Å². The zero-order chi connectivity index (χ0) is 17.9. The Labute approximate surface area is 149 Å². The van der Waals surface area contributed by atoms with Crippen LogP contribution in [0.4, 0.5) is 10.3 Å². The summed E-state index contributed by atoms with van der Waals surface area (Å²) < 4.78 is 18.7. The van der Waals surface area contributed by atoms with Crippen molar-refractivity contribution in [2.75, 3.05) is 31.1 Å². The fourth-order valence-corrected chi connectivity index (χ4v) is 2.96. The lowest BCUT2D eigenvalue weighted by molar-refractivity contribution is 0.0745. The molecule has 1 saturated heterocycles. The number of halogens is 1. The first-order valence-electron chi connectivity index (χ1n) is 8.39. The molecule has 0 bridgehead atoms. The van der Waals surface area contributed by atoms with Crippen LogP contribution in [0.15, 0.2) is 59.1 Å². The minimum absolute atomic E-state index is 0.165. The molecule has 6 nitrogen and oxygen atoms in total. The van der Waals surface area contributed by atoms with E-state index in [0.29, 0.717) is 43.6 Å². The third-order valence-electron chi connectivity index (χ3n) is 4.36. The van der Waals surface area contributed by atoms with Gasteiger partial charge in [-0.2, -0.15) is 4.98 Å². The van der Waals surface area contributed by atoms with E-state index >= 15 is 0 Å². The second-order valence-electron chi connectivity index (χ2n) is 6.06.